The van der Waals surface area contributed by atoms with Gasteiger partial charge in [0, 0.05) is 18.4 Å². The highest BCUT2D eigenvalue weighted by molar-refractivity contribution is 7.90. The van der Waals surface area contributed by atoms with Crippen LogP contribution in [-0.4, -0.2) is 25.3 Å². The van der Waals surface area contributed by atoms with Crippen molar-refractivity contribution in [2.75, 3.05) is 7.11 Å². The average Bonchev–Trinajstić information content (AvgIpc) is 3.30. The van der Waals surface area contributed by atoms with Crippen molar-refractivity contribution in [3.05, 3.63) is 72.0 Å². The molecule has 0 bridgehead atoms. The summed E-state index contributed by atoms with van der Waals surface area (Å²) in [6.45, 7) is 3.26. The normalized spacial score (nSPS) is 11.7. The van der Waals surface area contributed by atoms with E-state index >= 15 is 0 Å². The lowest BCUT2D eigenvalue weighted by atomic mass is 10.2. The molecule has 0 fully saturated rings. The smallest absolute Gasteiger partial charge is 0.268 e. The van der Waals surface area contributed by atoms with Gasteiger partial charge in [-0.2, -0.15) is 0 Å². The number of hydrogen-bond acceptors (Lipinski definition) is 5. The summed E-state index contributed by atoms with van der Waals surface area (Å²) in [6.07, 6.45) is 0. The van der Waals surface area contributed by atoms with Gasteiger partial charge in [-0.3, -0.25) is 4.79 Å². The van der Waals surface area contributed by atoms with E-state index in [2.05, 4.69) is 0 Å². The van der Waals surface area contributed by atoms with E-state index in [1.807, 2.05) is 19.1 Å². The Morgan fingerprint density at radius 3 is 2.34 bits per heavy atom. The molecule has 0 aliphatic heterocycles. The molecule has 2 aromatic carbocycles. The Morgan fingerprint density at radius 1 is 1.03 bits per heavy atom. The fourth-order valence-electron chi connectivity index (χ4n) is 3.27. The minimum atomic E-state index is -3.92. The molecule has 6 nitrogen and oxygen atoms in total. The van der Waals surface area contributed by atoms with Crippen molar-refractivity contribution in [1.82, 2.24) is 3.97 Å². The highest BCUT2D eigenvalue weighted by Crippen LogP contribution is 2.36. The van der Waals surface area contributed by atoms with Crippen LogP contribution in [0, 0.1) is 6.92 Å². The van der Waals surface area contributed by atoms with E-state index in [0.29, 0.717) is 11.2 Å². The molecule has 0 atom stereocenters. The molecule has 0 spiro atoms. The monoisotopic (exact) mass is 409 g/mol. The number of carbonyl (C=O) groups is 1. The molecule has 2 aromatic heterocycles. The maximum atomic E-state index is 13.5. The van der Waals surface area contributed by atoms with Crippen LogP contribution in [0.25, 0.3) is 22.4 Å². The third-order valence-electron chi connectivity index (χ3n) is 4.72. The van der Waals surface area contributed by atoms with E-state index in [1.165, 1.54) is 24.1 Å². The van der Waals surface area contributed by atoms with Crippen LogP contribution >= 0.6 is 0 Å². The van der Waals surface area contributed by atoms with Crippen molar-refractivity contribution >= 4 is 26.7 Å². The maximum absolute atomic E-state index is 13.5. The summed E-state index contributed by atoms with van der Waals surface area (Å²) in [4.78, 5) is 12.0. The van der Waals surface area contributed by atoms with Gasteiger partial charge in [0.15, 0.2) is 17.3 Å². The fourth-order valence-corrected chi connectivity index (χ4v) is 4.79. The molecule has 0 unspecified atom stereocenters. The van der Waals surface area contributed by atoms with Gasteiger partial charge in [-0.15, -0.1) is 0 Å². The zero-order valence-electron chi connectivity index (χ0n) is 16.2. The second-order valence-electron chi connectivity index (χ2n) is 6.74. The maximum Gasteiger partial charge on any atom is 0.268 e. The number of ketones is 1. The highest BCUT2D eigenvalue weighted by Gasteiger charge is 2.27. The molecule has 0 N–H and O–H groups in total. The van der Waals surface area contributed by atoms with Crippen molar-refractivity contribution < 1.29 is 22.4 Å². The largest absolute Gasteiger partial charge is 0.493 e. The Labute approximate surface area is 168 Å². The number of furan rings is 1. The van der Waals surface area contributed by atoms with Crippen LogP contribution in [0.2, 0.25) is 0 Å². The number of ether oxygens (including phenoxy) is 1. The molecule has 0 saturated heterocycles. The predicted octanol–water partition coefficient (Wildman–Crippen LogP) is 4.66. The van der Waals surface area contributed by atoms with E-state index < -0.39 is 10.0 Å². The van der Waals surface area contributed by atoms with Gasteiger partial charge in [0.05, 0.1) is 17.5 Å². The predicted molar refractivity (Wildman–Crippen MR) is 110 cm³/mol. The molecule has 4 aromatic rings. The van der Waals surface area contributed by atoms with Crippen LogP contribution < -0.4 is 4.74 Å². The summed E-state index contributed by atoms with van der Waals surface area (Å²) >= 11 is 0. The summed E-state index contributed by atoms with van der Waals surface area (Å²) in [5, 5.41) is 0.734. The number of Topliss-reactive ketones (excluding diaryl/α,β-unsaturated/α-hetero) is 1. The molecule has 0 radical (unpaired) electrons. The van der Waals surface area contributed by atoms with Crippen molar-refractivity contribution in [1.29, 1.82) is 0 Å². The molecule has 29 heavy (non-hydrogen) atoms. The lowest BCUT2D eigenvalue weighted by Gasteiger charge is -2.11. The minimum Gasteiger partial charge on any atom is -0.493 e. The molecule has 2 heterocycles. The van der Waals surface area contributed by atoms with Gasteiger partial charge in [0.1, 0.15) is 5.69 Å². The lowest BCUT2D eigenvalue weighted by Crippen LogP contribution is -2.14. The second kappa shape index (κ2) is 6.93. The number of fused-ring (bicyclic) bond motifs is 1. The van der Waals surface area contributed by atoms with Crippen LogP contribution in [0.5, 0.6) is 5.75 Å². The first-order chi connectivity index (χ1) is 13.8. The van der Waals surface area contributed by atoms with Crippen molar-refractivity contribution in [3.8, 4) is 17.2 Å². The number of benzene rings is 2. The van der Waals surface area contributed by atoms with Crippen LogP contribution in [0.3, 0.4) is 0 Å². The number of aromatic nitrogens is 1. The molecule has 0 aliphatic rings. The number of para-hydroxylation sites is 1. The molecule has 0 saturated carbocycles. The summed E-state index contributed by atoms with van der Waals surface area (Å²) < 4.78 is 39.3. The molecule has 4 rings (SSSR count). The zero-order valence-corrected chi connectivity index (χ0v) is 17.0. The number of hydrogen-bond donors (Lipinski definition) is 0. The molecule has 7 heteroatoms. The van der Waals surface area contributed by atoms with Gasteiger partial charge in [0.25, 0.3) is 10.0 Å². The van der Waals surface area contributed by atoms with Crippen LogP contribution in [0.1, 0.15) is 23.0 Å². The summed E-state index contributed by atoms with van der Waals surface area (Å²) in [7, 11) is -2.49. The molecule has 0 amide bonds. The summed E-state index contributed by atoms with van der Waals surface area (Å²) in [5.74, 6) is 0.236. The van der Waals surface area contributed by atoms with Gasteiger partial charge in [0.2, 0.25) is 5.76 Å². The number of rotatable bonds is 5. The number of methoxy groups -OCH3 is 1. The van der Waals surface area contributed by atoms with E-state index in [-0.39, 0.29) is 27.9 Å². The van der Waals surface area contributed by atoms with Crippen LogP contribution in [0.4, 0.5) is 0 Å². The Morgan fingerprint density at radius 2 is 1.72 bits per heavy atom. The number of aryl methyl sites for hydroxylation is 1. The van der Waals surface area contributed by atoms with Crippen molar-refractivity contribution in [2.45, 2.75) is 18.7 Å². The van der Waals surface area contributed by atoms with Crippen LogP contribution in [-0.2, 0) is 10.0 Å². The van der Waals surface area contributed by atoms with Crippen LogP contribution in [0.15, 0.2) is 70.0 Å². The molecular weight excluding hydrogens is 390 g/mol. The molecular formula is C22H19NO5S. The van der Waals surface area contributed by atoms with E-state index in [9.17, 15) is 13.2 Å². The van der Waals surface area contributed by atoms with Crippen molar-refractivity contribution in [3.63, 3.8) is 0 Å². The first-order valence-electron chi connectivity index (χ1n) is 8.95. The topological polar surface area (TPSA) is 78.5 Å². The highest BCUT2D eigenvalue weighted by atomic mass is 32.2. The Bertz CT molecular complexity index is 1330. The van der Waals surface area contributed by atoms with E-state index in [1.54, 1.807) is 42.5 Å². The standard InChI is InChI=1S/C22H19NO5S/c1-14-8-10-17(11-9-14)29(25,26)23-18-7-5-4-6-16(18)12-19(23)20-13-21(27-3)22(28-20)15(2)24/h4-13H,1-3H3. The lowest BCUT2D eigenvalue weighted by molar-refractivity contribution is 0.0984. The van der Waals surface area contributed by atoms with Gasteiger partial charge < -0.3 is 9.15 Å². The van der Waals surface area contributed by atoms with E-state index in [0.717, 1.165) is 10.9 Å². The summed E-state index contributed by atoms with van der Waals surface area (Å²) in [5.41, 5.74) is 1.80. The van der Waals surface area contributed by atoms with Crippen molar-refractivity contribution in [2.24, 2.45) is 0 Å². The molecule has 0 aliphatic carbocycles. The third kappa shape index (κ3) is 3.13. The SMILES string of the molecule is COc1cc(-c2cc3ccccc3n2S(=O)(=O)c2ccc(C)cc2)oc1C(C)=O. The first-order valence-corrected chi connectivity index (χ1v) is 10.4. The quantitative estimate of drug-likeness (QED) is 0.448. The van der Waals surface area contributed by atoms with Gasteiger partial charge in [-0.25, -0.2) is 12.4 Å². The summed E-state index contributed by atoms with van der Waals surface area (Å²) in [6, 6.07) is 17.1. The Kier molecular flexibility index (Phi) is 4.55. The van der Waals surface area contributed by atoms with Gasteiger partial charge >= 0.3 is 0 Å². The average molecular weight is 409 g/mol. The minimum absolute atomic E-state index is 0.0482. The van der Waals surface area contributed by atoms with Gasteiger partial charge in [-0.05, 0) is 31.2 Å². The zero-order chi connectivity index (χ0) is 20.8. The Hall–Kier alpha value is -3.32. The van der Waals surface area contributed by atoms with Gasteiger partial charge in [-0.1, -0.05) is 35.9 Å². The molecule has 148 valence electrons. The Balaban J connectivity index is 2.02. The number of carbonyl (C=O) groups excluding carboxylic acids is 1. The fraction of sp³-hybridized carbons (Fsp3) is 0.136. The number of nitrogens with zero attached hydrogens (tertiary/aromatic N) is 1. The second-order valence-corrected chi connectivity index (χ2v) is 8.52. The van der Waals surface area contributed by atoms with E-state index in [4.69, 9.17) is 9.15 Å². The third-order valence-corrected chi connectivity index (χ3v) is 6.46. The first kappa shape index (κ1) is 19.0.